The molecule has 1 rings (SSSR count). The minimum Gasteiger partial charge on any atom is -0.380 e. The van der Waals surface area contributed by atoms with Crippen LogP contribution in [0.1, 0.15) is 40.0 Å². The minimum absolute atomic E-state index is 0.00926. The number of halogens is 1. The summed E-state index contributed by atoms with van der Waals surface area (Å²) in [5.74, 6) is 0. The van der Waals surface area contributed by atoms with Crippen molar-refractivity contribution >= 4 is 0 Å². The monoisotopic (exact) mass is 247 g/mol. The van der Waals surface area contributed by atoms with Crippen molar-refractivity contribution in [3.05, 3.63) is 11.9 Å². The summed E-state index contributed by atoms with van der Waals surface area (Å²) in [7, 11) is 1.70. The van der Waals surface area contributed by atoms with Gasteiger partial charge in [-0.2, -0.15) is 0 Å². The average Bonchev–Trinajstić information content (AvgIpc) is 2.65. The molecule has 0 amide bonds. The van der Waals surface area contributed by atoms with Crippen molar-refractivity contribution in [3.63, 3.8) is 0 Å². The summed E-state index contributed by atoms with van der Waals surface area (Å²) < 4.78 is 22.2. The van der Waals surface area contributed by atoms with E-state index in [-0.39, 0.29) is 18.3 Å². The second-order valence-corrected chi connectivity index (χ2v) is 4.36. The Kier molecular flexibility index (Phi) is 9.31. The summed E-state index contributed by atoms with van der Waals surface area (Å²) in [6, 6.07) is 0. The lowest BCUT2D eigenvalue weighted by atomic mass is 10.1. The smallest absolute Gasteiger partial charge is 0.0885 e. The predicted octanol–water partition coefficient (Wildman–Crippen LogP) is 2.80. The van der Waals surface area contributed by atoms with Crippen LogP contribution >= 0.6 is 0 Å². The maximum atomic E-state index is 11.9. The third-order valence-corrected chi connectivity index (χ3v) is 2.83. The molecule has 4 heteroatoms. The van der Waals surface area contributed by atoms with E-state index in [0.717, 1.165) is 24.8 Å². The van der Waals surface area contributed by atoms with Crippen molar-refractivity contribution in [2.24, 2.45) is 5.73 Å². The molecule has 1 heterocycles. The van der Waals surface area contributed by atoms with E-state index in [1.165, 1.54) is 0 Å². The van der Waals surface area contributed by atoms with Gasteiger partial charge in [-0.05, 0) is 32.3 Å². The van der Waals surface area contributed by atoms with Crippen LogP contribution in [0.15, 0.2) is 11.9 Å². The number of rotatable bonds is 4. The molecular weight excluding hydrogens is 221 g/mol. The highest BCUT2D eigenvalue weighted by Gasteiger charge is 2.22. The van der Waals surface area contributed by atoms with Gasteiger partial charge in [-0.3, -0.25) is 0 Å². The van der Waals surface area contributed by atoms with Gasteiger partial charge in [-0.15, -0.1) is 0 Å². The fourth-order valence-corrected chi connectivity index (χ4v) is 1.77. The summed E-state index contributed by atoms with van der Waals surface area (Å²) in [4.78, 5) is 0. The molecule has 0 aromatic rings. The Morgan fingerprint density at radius 3 is 2.41 bits per heavy atom. The van der Waals surface area contributed by atoms with Crippen LogP contribution in [-0.2, 0) is 9.47 Å². The maximum absolute atomic E-state index is 11.9. The van der Waals surface area contributed by atoms with Crippen molar-refractivity contribution in [1.82, 2.24) is 0 Å². The van der Waals surface area contributed by atoms with Crippen LogP contribution < -0.4 is 5.73 Å². The van der Waals surface area contributed by atoms with Gasteiger partial charge in [0.25, 0.3) is 0 Å². The molecule has 2 N–H and O–H groups in total. The number of hydrogen-bond acceptors (Lipinski definition) is 3. The molecule has 0 saturated carbocycles. The zero-order valence-corrected chi connectivity index (χ0v) is 11.4. The molecule has 3 unspecified atom stereocenters. The predicted molar refractivity (Wildman–Crippen MR) is 68.6 cm³/mol. The number of nitrogens with two attached hydrogens (primary N) is 1. The second kappa shape index (κ2) is 9.57. The highest BCUT2D eigenvalue weighted by molar-refractivity contribution is 5.09. The molecule has 0 aromatic heterocycles. The lowest BCUT2D eigenvalue weighted by molar-refractivity contribution is 0.0743. The number of hydrogen-bond donors (Lipinski definition) is 1. The first-order valence-electron chi connectivity index (χ1n) is 6.26. The van der Waals surface area contributed by atoms with Crippen LogP contribution in [0.25, 0.3) is 0 Å². The van der Waals surface area contributed by atoms with Crippen molar-refractivity contribution < 1.29 is 13.9 Å². The highest BCUT2D eigenvalue weighted by atomic mass is 19.1. The first-order chi connectivity index (χ1) is 8.08. The summed E-state index contributed by atoms with van der Waals surface area (Å²) >= 11 is 0. The molecule has 1 saturated heterocycles. The third-order valence-electron chi connectivity index (χ3n) is 2.83. The molecule has 1 aliphatic rings. The molecule has 0 bridgehead atoms. The first-order valence-corrected chi connectivity index (χ1v) is 6.26. The van der Waals surface area contributed by atoms with Crippen molar-refractivity contribution in [3.8, 4) is 0 Å². The zero-order chi connectivity index (χ0) is 13.3. The molecule has 0 aromatic carbocycles. The molecule has 102 valence electrons. The van der Waals surface area contributed by atoms with Crippen LogP contribution in [0.4, 0.5) is 4.39 Å². The zero-order valence-electron chi connectivity index (χ0n) is 11.4. The topological polar surface area (TPSA) is 44.5 Å². The average molecular weight is 247 g/mol. The van der Waals surface area contributed by atoms with E-state index in [1.807, 2.05) is 13.8 Å². The highest BCUT2D eigenvalue weighted by Crippen LogP contribution is 2.24. The largest absolute Gasteiger partial charge is 0.380 e. The van der Waals surface area contributed by atoms with Crippen LogP contribution in [0.5, 0.6) is 0 Å². The molecule has 3 atom stereocenters. The first kappa shape index (κ1) is 16.6. The van der Waals surface area contributed by atoms with Gasteiger partial charge < -0.3 is 15.2 Å². The van der Waals surface area contributed by atoms with E-state index in [2.05, 4.69) is 6.92 Å². The molecule has 1 aliphatic heterocycles. The van der Waals surface area contributed by atoms with Crippen molar-refractivity contribution in [2.75, 3.05) is 13.7 Å². The van der Waals surface area contributed by atoms with E-state index in [9.17, 15) is 4.39 Å². The second-order valence-electron chi connectivity index (χ2n) is 4.36. The quantitative estimate of drug-likeness (QED) is 0.830. The molecule has 17 heavy (non-hydrogen) atoms. The lowest BCUT2D eigenvalue weighted by Gasteiger charge is -2.09. The van der Waals surface area contributed by atoms with Gasteiger partial charge in [-0.25, -0.2) is 4.39 Å². The fraction of sp³-hybridized carbons (Fsp3) is 0.846. The molecule has 0 radical (unpaired) electrons. The summed E-state index contributed by atoms with van der Waals surface area (Å²) in [5.41, 5.74) is 6.12. The van der Waals surface area contributed by atoms with E-state index in [4.69, 9.17) is 15.2 Å². The van der Waals surface area contributed by atoms with Gasteiger partial charge in [0.15, 0.2) is 0 Å². The van der Waals surface area contributed by atoms with E-state index in [0.29, 0.717) is 12.9 Å². The van der Waals surface area contributed by atoms with Crippen molar-refractivity contribution in [2.45, 2.75) is 58.3 Å². The van der Waals surface area contributed by atoms with Gasteiger partial charge in [0.2, 0.25) is 0 Å². The third kappa shape index (κ3) is 6.76. The Labute approximate surface area is 104 Å². The Balaban J connectivity index is 0.000000304. The van der Waals surface area contributed by atoms with E-state index < -0.39 is 0 Å². The van der Waals surface area contributed by atoms with Gasteiger partial charge >= 0.3 is 0 Å². The lowest BCUT2D eigenvalue weighted by Crippen LogP contribution is -2.21. The number of methoxy groups -OCH3 is 1. The van der Waals surface area contributed by atoms with Gasteiger partial charge in [0.05, 0.1) is 24.6 Å². The van der Waals surface area contributed by atoms with Crippen LogP contribution in [0, 0.1) is 0 Å². The SMILES string of the molecule is CC1C/C(=C\F)C(C)O1.CCCC(CN)OC. The summed E-state index contributed by atoms with van der Waals surface area (Å²) in [6.45, 7) is 6.59. The van der Waals surface area contributed by atoms with Crippen LogP contribution in [0.2, 0.25) is 0 Å². The molecule has 1 fully saturated rings. The van der Waals surface area contributed by atoms with Gasteiger partial charge in [-0.1, -0.05) is 13.3 Å². The summed E-state index contributed by atoms with van der Waals surface area (Å²) in [6.07, 6.45) is 4.10. The van der Waals surface area contributed by atoms with Crippen molar-refractivity contribution in [1.29, 1.82) is 0 Å². The normalized spacial score (nSPS) is 27.8. The maximum Gasteiger partial charge on any atom is 0.0885 e. The standard InChI is InChI=1S/C7H11FO.C6H15NO/c1-5-3-7(4-8)6(2)9-5;1-3-4-6(5-7)8-2/h4-6H,3H2,1-2H3;6H,3-5,7H2,1-2H3/b7-4+;. The Morgan fingerprint density at radius 2 is 2.24 bits per heavy atom. The van der Waals surface area contributed by atoms with Crippen LogP contribution in [-0.4, -0.2) is 32.0 Å². The van der Waals surface area contributed by atoms with Gasteiger partial charge in [0, 0.05) is 13.7 Å². The Hall–Kier alpha value is -0.450. The van der Waals surface area contributed by atoms with E-state index >= 15 is 0 Å². The Bertz CT molecular complexity index is 217. The summed E-state index contributed by atoms with van der Waals surface area (Å²) in [5, 5.41) is 0. The fourth-order valence-electron chi connectivity index (χ4n) is 1.77. The Morgan fingerprint density at radius 1 is 1.59 bits per heavy atom. The van der Waals surface area contributed by atoms with E-state index in [1.54, 1.807) is 7.11 Å². The van der Waals surface area contributed by atoms with Crippen LogP contribution in [0.3, 0.4) is 0 Å². The molecule has 0 aliphatic carbocycles. The molecular formula is C13H26FNO2. The molecule has 3 nitrogen and oxygen atoms in total. The van der Waals surface area contributed by atoms with Gasteiger partial charge in [0.1, 0.15) is 0 Å². The number of ether oxygens (including phenoxy) is 2. The minimum atomic E-state index is -0.00926. The molecule has 0 spiro atoms.